The van der Waals surface area contributed by atoms with Gasteiger partial charge in [-0.3, -0.25) is 4.79 Å². The molecule has 1 amide bonds. The van der Waals surface area contributed by atoms with Gasteiger partial charge in [0.1, 0.15) is 12.4 Å². The third-order valence-corrected chi connectivity index (χ3v) is 2.67. The second-order valence-electron chi connectivity index (χ2n) is 4.32. The molecule has 0 fully saturated rings. The third kappa shape index (κ3) is 5.04. The monoisotopic (exact) mass is 262 g/mol. The van der Waals surface area contributed by atoms with E-state index in [-0.39, 0.29) is 5.91 Å². The summed E-state index contributed by atoms with van der Waals surface area (Å²) in [6, 6.07) is 5.06. The molecule has 0 radical (unpaired) electrons. The van der Waals surface area contributed by atoms with E-state index in [0.717, 1.165) is 19.3 Å². The first-order valence-corrected chi connectivity index (χ1v) is 6.60. The van der Waals surface area contributed by atoms with Crippen molar-refractivity contribution in [1.29, 1.82) is 0 Å². The molecule has 19 heavy (non-hydrogen) atoms. The van der Waals surface area contributed by atoms with Gasteiger partial charge in [0.2, 0.25) is 0 Å². The van der Waals surface area contributed by atoms with Crippen LogP contribution in [-0.2, 0) is 0 Å². The topological polar surface area (TPSA) is 64.3 Å². The van der Waals surface area contributed by atoms with Crippen LogP contribution in [0, 0.1) is 0 Å². The molecule has 0 spiro atoms. The first-order chi connectivity index (χ1) is 9.19. The van der Waals surface area contributed by atoms with Gasteiger partial charge in [0.25, 0.3) is 5.91 Å². The number of hydrogen-bond donors (Lipinski definition) is 2. The van der Waals surface area contributed by atoms with E-state index in [1.54, 1.807) is 24.3 Å². The lowest BCUT2D eigenvalue weighted by Crippen LogP contribution is -2.25. The lowest BCUT2D eigenvalue weighted by molar-refractivity contribution is 0.0949. The molecule has 0 saturated carbocycles. The van der Waals surface area contributed by atoms with Gasteiger partial charge in [-0.25, -0.2) is 0 Å². The van der Waals surface area contributed by atoms with Gasteiger partial charge in [-0.05, 0) is 24.6 Å². The van der Waals surface area contributed by atoms with Gasteiger partial charge in [0, 0.05) is 12.2 Å². The van der Waals surface area contributed by atoms with Crippen LogP contribution >= 0.6 is 0 Å². The van der Waals surface area contributed by atoms with Crippen molar-refractivity contribution in [2.75, 3.05) is 18.9 Å². The van der Waals surface area contributed by atoms with Crippen LogP contribution in [-0.4, -0.2) is 19.1 Å². The molecule has 0 atom stereocenters. The van der Waals surface area contributed by atoms with Crippen molar-refractivity contribution in [3.63, 3.8) is 0 Å². The number of nitrogens with two attached hydrogens (primary N) is 1. The van der Waals surface area contributed by atoms with Crippen molar-refractivity contribution in [3.8, 4) is 5.75 Å². The summed E-state index contributed by atoms with van der Waals surface area (Å²) in [6.07, 6.45) is 4.85. The SMILES string of the molecule is C=CCOc1ccc(N)cc1C(=O)NCCCCC. The first kappa shape index (κ1) is 15.1. The molecule has 0 aromatic heterocycles. The molecular formula is C15H22N2O2. The summed E-state index contributed by atoms with van der Waals surface area (Å²) in [4.78, 5) is 12.1. The molecule has 0 heterocycles. The average Bonchev–Trinajstić information content (AvgIpc) is 2.42. The molecule has 3 N–H and O–H groups in total. The Kier molecular flexibility index (Phi) is 6.50. The summed E-state index contributed by atoms with van der Waals surface area (Å²) in [6.45, 7) is 6.74. The van der Waals surface area contributed by atoms with Crippen molar-refractivity contribution in [2.45, 2.75) is 26.2 Å². The minimum atomic E-state index is -0.150. The number of benzene rings is 1. The molecule has 0 saturated heterocycles. The van der Waals surface area contributed by atoms with Gasteiger partial charge in [-0.1, -0.05) is 32.4 Å². The number of unbranched alkanes of at least 4 members (excludes halogenated alkanes) is 2. The smallest absolute Gasteiger partial charge is 0.255 e. The van der Waals surface area contributed by atoms with Crippen molar-refractivity contribution in [3.05, 3.63) is 36.4 Å². The zero-order valence-corrected chi connectivity index (χ0v) is 11.4. The number of nitrogen functional groups attached to an aromatic ring is 1. The van der Waals surface area contributed by atoms with Crippen LogP contribution in [0.15, 0.2) is 30.9 Å². The normalized spacial score (nSPS) is 9.95. The number of rotatable bonds is 8. The van der Waals surface area contributed by atoms with E-state index in [1.807, 2.05) is 0 Å². The number of amides is 1. The Hall–Kier alpha value is -1.97. The molecule has 0 aliphatic heterocycles. The fraction of sp³-hybridized carbons (Fsp3) is 0.400. The Morgan fingerprint density at radius 2 is 2.26 bits per heavy atom. The molecule has 4 nitrogen and oxygen atoms in total. The molecule has 0 aliphatic carbocycles. The van der Waals surface area contributed by atoms with Gasteiger partial charge in [-0.15, -0.1) is 0 Å². The van der Waals surface area contributed by atoms with E-state index in [0.29, 0.717) is 30.2 Å². The number of carbonyl (C=O) groups excluding carboxylic acids is 1. The summed E-state index contributed by atoms with van der Waals surface area (Å²) in [5.41, 5.74) is 6.73. The van der Waals surface area contributed by atoms with Crippen molar-refractivity contribution in [1.82, 2.24) is 5.32 Å². The molecule has 104 valence electrons. The largest absolute Gasteiger partial charge is 0.489 e. The third-order valence-electron chi connectivity index (χ3n) is 2.67. The van der Waals surface area contributed by atoms with Gasteiger partial charge in [-0.2, -0.15) is 0 Å². The number of anilines is 1. The van der Waals surface area contributed by atoms with Gasteiger partial charge >= 0.3 is 0 Å². The quantitative estimate of drug-likeness (QED) is 0.430. The number of ether oxygens (including phenoxy) is 1. The molecule has 0 bridgehead atoms. The zero-order valence-electron chi connectivity index (χ0n) is 11.4. The molecule has 1 aromatic rings. The minimum absolute atomic E-state index is 0.150. The van der Waals surface area contributed by atoms with E-state index in [9.17, 15) is 4.79 Å². The Labute approximate surface area is 114 Å². The van der Waals surface area contributed by atoms with E-state index in [1.165, 1.54) is 0 Å². The zero-order chi connectivity index (χ0) is 14.1. The Morgan fingerprint density at radius 1 is 1.47 bits per heavy atom. The number of nitrogens with one attached hydrogen (secondary N) is 1. The van der Waals surface area contributed by atoms with Gasteiger partial charge in [0.15, 0.2) is 0 Å². The minimum Gasteiger partial charge on any atom is -0.489 e. The van der Waals surface area contributed by atoms with Crippen LogP contribution in [0.5, 0.6) is 5.75 Å². The average molecular weight is 262 g/mol. The second-order valence-corrected chi connectivity index (χ2v) is 4.32. The summed E-state index contributed by atoms with van der Waals surface area (Å²) >= 11 is 0. The molecule has 1 aromatic carbocycles. The number of hydrogen-bond acceptors (Lipinski definition) is 3. The maximum absolute atomic E-state index is 12.1. The fourth-order valence-corrected chi connectivity index (χ4v) is 1.67. The van der Waals surface area contributed by atoms with Crippen molar-refractivity contribution in [2.24, 2.45) is 0 Å². The highest BCUT2D eigenvalue weighted by molar-refractivity contribution is 5.97. The summed E-state index contributed by atoms with van der Waals surface area (Å²) in [5, 5.41) is 2.88. The van der Waals surface area contributed by atoms with Crippen LogP contribution in [0.4, 0.5) is 5.69 Å². The predicted octanol–water partition coefficient (Wildman–Crippen LogP) is 2.75. The maximum Gasteiger partial charge on any atom is 0.255 e. The van der Waals surface area contributed by atoms with E-state index in [2.05, 4.69) is 18.8 Å². The van der Waals surface area contributed by atoms with Gasteiger partial charge in [0.05, 0.1) is 5.56 Å². The van der Waals surface area contributed by atoms with Gasteiger partial charge < -0.3 is 15.8 Å². The second kappa shape index (κ2) is 8.19. The Balaban J connectivity index is 2.70. The molecule has 4 heteroatoms. The standard InChI is InChI=1S/C15H22N2O2/c1-3-5-6-9-17-15(18)13-11-12(16)7-8-14(13)19-10-4-2/h4,7-8,11H,2-3,5-6,9-10,16H2,1H3,(H,17,18). The van der Waals surface area contributed by atoms with E-state index < -0.39 is 0 Å². The summed E-state index contributed by atoms with van der Waals surface area (Å²) in [5.74, 6) is 0.379. The number of carbonyl (C=O) groups is 1. The van der Waals surface area contributed by atoms with Crippen LogP contribution in [0.25, 0.3) is 0 Å². The van der Waals surface area contributed by atoms with Crippen LogP contribution < -0.4 is 15.8 Å². The highest BCUT2D eigenvalue weighted by Gasteiger charge is 2.12. The summed E-state index contributed by atoms with van der Waals surface area (Å²) in [7, 11) is 0. The molecule has 0 unspecified atom stereocenters. The first-order valence-electron chi connectivity index (χ1n) is 6.60. The fourth-order valence-electron chi connectivity index (χ4n) is 1.67. The molecule has 1 rings (SSSR count). The summed E-state index contributed by atoms with van der Waals surface area (Å²) < 4.78 is 5.46. The van der Waals surface area contributed by atoms with Crippen LogP contribution in [0.3, 0.4) is 0 Å². The highest BCUT2D eigenvalue weighted by atomic mass is 16.5. The Morgan fingerprint density at radius 3 is 2.95 bits per heavy atom. The van der Waals surface area contributed by atoms with Crippen LogP contribution in [0.2, 0.25) is 0 Å². The maximum atomic E-state index is 12.1. The highest BCUT2D eigenvalue weighted by Crippen LogP contribution is 2.21. The molecular weight excluding hydrogens is 240 g/mol. The van der Waals surface area contributed by atoms with Crippen molar-refractivity contribution >= 4 is 11.6 Å². The lowest BCUT2D eigenvalue weighted by atomic mass is 10.1. The van der Waals surface area contributed by atoms with E-state index >= 15 is 0 Å². The van der Waals surface area contributed by atoms with E-state index in [4.69, 9.17) is 10.5 Å². The molecule has 0 aliphatic rings. The lowest BCUT2D eigenvalue weighted by Gasteiger charge is -2.11. The van der Waals surface area contributed by atoms with Crippen LogP contribution in [0.1, 0.15) is 36.5 Å². The Bertz CT molecular complexity index is 430. The van der Waals surface area contributed by atoms with Crippen molar-refractivity contribution < 1.29 is 9.53 Å². The predicted molar refractivity (Wildman–Crippen MR) is 78.4 cm³/mol.